The normalized spacial score (nSPS) is 38.6. The van der Waals surface area contributed by atoms with Gasteiger partial charge < -0.3 is 0 Å². The van der Waals surface area contributed by atoms with Gasteiger partial charge in [-0.2, -0.15) is 23.7 Å². The third-order valence-electron chi connectivity index (χ3n) is 8.37. The first kappa shape index (κ1) is 21.2. The molecule has 4 atom stereocenters. The summed E-state index contributed by atoms with van der Waals surface area (Å²) in [6.45, 7) is 2.26. The van der Waals surface area contributed by atoms with Crippen LogP contribution in [0.3, 0.4) is 0 Å². The number of nitriles is 2. The second kappa shape index (κ2) is 7.57. The van der Waals surface area contributed by atoms with Crippen LogP contribution in [-0.4, -0.2) is 11.1 Å². The number of nitrogens with one attached hydrogen (secondary N) is 1. The van der Waals surface area contributed by atoms with Crippen molar-refractivity contribution in [2.75, 3.05) is 0 Å². The number of benzene rings is 1. The Balaban J connectivity index is 1.88. The number of alkyl halides is 3. The predicted octanol–water partition coefficient (Wildman–Crippen LogP) is 4.65. The first-order valence-electron chi connectivity index (χ1n) is 11.1. The molecule has 0 spiro atoms. The summed E-state index contributed by atoms with van der Waals surface area (Å²) >= 11 is 0. The van der Waals surface area contributed by atoms with E-state index in [-0.39, 0.29) is 29.9 Å². The van der Waals surface area contributed by atoms with Crippen LogP contribution in [0, 0.1) is 40.4 Å². The Morgan fingerprint density at radius 2 is 1.50 bits per heavy atom. The topological polar surface area (TPSA) is 52.0 Å². The average molecular weight is 417 g/mol. The number of hydrogen-bond donors (Lipinski definition) is 1. The summed E-state index contributed by atoms with van der Waals surface area (Å²) in [6.07, 6.45) is 2.64. The van der Waals surface area contributed by atoms with Crippen molar-refractivity contribution in [1.82, 2.24) is 0 Å². The monoisotopic (exact) mass is 416 g/mol. The van der Waals surface area contributed by atoms with E-state index in [0.29, 0.717) is 12.8 Å². The van der Waals surface area contributed by atoms with Crippen molar-refractivity contribution in [3.63, 3.8) is 0 Å². The first-order chi connectivity index (χ1) is 14.3. The van der Waals surface area contributed by atoms with Crippen LogP contribution in [0.4, 0.5) is 13.2 Å². The molecule has 1 aromatic carbocycles. The fourth-order valence-electron chi connectivity index (χ4n) is 7.12. The summed E-state index contributed by atoms with van der Waals surface area (Å²) in [6, 6.07) is 10.9. The maximum absolute atomic E-state index is 13.7. The van der Waals surface area contributed by atoms with E-state index in [1.807, 2.05) is 0 Å². The van der Waals surface area contributed by atoms with Crippen molar-refractivity contribution in [3.8, 4) is 12.1 Å². The van der Waals surface area contributed by atoms with Crippen LogP contribution >= 0.6 is 0 Å². The third kappa shape index (κ3) is 3.04. The summed E-state index contributed by atoms with van der Waals surface area (Å²) in [5.74, 6) is 0.509. The average Bonchev–Trinajstić information content (AvgIpc) is 2.76. The number of piperidine rings is 1. The molecule has 2 saturated carbocycles. The van der Waals surface area contributed by atoms with Gasteiger partial charge in [0.2, 0.25) is 0 Å². The first-order valence-corrected chi connectivity index (χ1v) is 11.1. The van der Waals surface area contributed by atoms with E-state index in [2.05, 4.69) is 19.1 Å². The highest BCUT2D eigenvalue weighted by atomic mass is 19.4. The molecule has 1 aromatic rings. The summed E-state index contributed by atoms with van der Waals surface area (Å²) in [7, 11) is 0. The molecule has 1 N–H and O–H groups in total. The zero-order valence-corrected chi connectivity index (χ0v) is 17.4. The van der Waals surface area contributed by atoms with E-state index in [9.17, 15) is 23.7 Å². The van der Waals surface area contributed by atoms with Crippen LogP contribution in [0.25, 0.3) is 0 Å². The van der Waals surface area contributed by atoms with Gasteiger partial charge in [0.1, 0.15) is 18.7 Å². The lowest BCUT2D eigenvalue weighted by atomic mass is 9.52. The lowest BCUT2D eigenvalue weighted by Gasteiger charge is -2.61. The molecule has 1 saturated heterocycles. The number of fused-ring (bicyclic) bond motifs is 2. The minimum Gasteiger partial charge on any atom is -0.297 e. The molecule has 0 aromatic heterocycles. The summed E-state index contributed by atoms with van der Waals surface area (Å²) in [5.41, 5.74) is -2.02. The molecule has 0 bridgehead atoms. The Labute approximate surface area is 176 Å². The standard InChI is InChI=1S/C24H28F3N3/c1-17-19-9-4-6-12-22(19,15-28)30(23(16-29)13-7-5-10-20(17)23)14-18-8-2-3-11-21(18)24(25,26)27/h2-3,8,11,17,19-20H,4-7,9-10,12-14H2,1H3/p+1/t19-,20-,22+,23+/m0/s1. The molecule has 1 aliphatic heterocycles. The molecule has 0 radical (unpaired) electrons. The SMILES string of the molecule is CC1[C@@H]2CCCC[C@]2(C#N)[NH+](Cc2ccccc2C(F)(F)F)[C@@]2(C#N)CCCC[C@@H]12. The highest BCUT2D eigenvalue weighted by Crippen LogP contribution is 2.50. The lowest BCUT2D eigenvalue weighted by Crippen LogP contribution is -3.29. The van der Waals surface area contributed by atoms with Gasteiger partial charge in [-0.05, 0) is 37.7 Å². The minimum absolute atomic E-state index is 0.0799. The number of hydrogen-bond acceptors (Lipinski definition) is 2. The summed E-state index contributed by atoms with van der Waals surface area (Å²) < 4.78 is 41.2. The predicted molar refractivity (Wildman–Crippen MR) is 106 cm³/mol. The van der Waals surface area contributed by atoms with Gasteiger partial charge in [-0.15, -0.1) is 0 Å². The fourth-order valence-corrected chi connectivity index (χ4v) is 7.12. The van der Waals surface area contributed by atoms with Gasteiger partial charge in [-0.3, -0.25) is 4.90 Å². The quantitative estimate of drug-likeness (QED) is 0.763. The van der Waals surface area contributed by atoms with E-state index in [1.54, 1.807) is 6.07 Å². The number of quaternary nitrogens is 1. The Morgan fingerprint density at radius 3 is 2.00 bits per heavy atom. The zero-order chi connectivity index (χ0) is 21.6. The van der Waals surface area contributed by atoms with Crippen molar-refractivity contribution < 1.29 is 18.1 Å². The van der Waals surface area contributed by atoms with E-state index < -0.39 is 22.8 Å². The number of nitrogens with zero attached hydrogens (tertiary/aromatic N) is 2. The maximum Gasteiger partial charge on any atom is 0.416 e. The smallest absolute Gasteiger partial charge is 0.297 e. The van der Waals surface area contributed by atoms with E-state index in [4.69, 9.17) is 0 Å². The lowest BCUT2D eigenvalue weighted by molar-refractivity contribution is -1.01. The van der Waals surface area contributed by atoms with Crippen molar-refractivity contribution in [2.24, 2.45) is 17.8 Å². The van der Waals surface area contributed by atoms with Gasteiger partial charge >= 0.3 is 6.18 Å². The highest BCUT2D eigenvalue weighted by molar-refractivity contribution is 5.30. The van der Waals surface area contributed by atoms with Crippen LogP contribution in [0.15, 0.2) is 24.3 Å². The molecule has 6 heteroatoms. The van der Waals surface area contributed by atoms with Gasteiger partial charge in [0.25, 0.3) is 0 Å². The number of likely N-dealkylation sites (tertiary alicyclic amines) is 1. The van der Waals surface area contributed by atoms with Crippen LogP contribution in [-0.2, 0) is 12.7 Å². The second-order valence-electron chi connectivity index (χ2n) is 9.54. The Bertz CT molecular complexity index is 841. The molecular formula is C24H29F3N3+. The number of halogens is 3. The molecule has 3 aliphatic rings. The van der Waals surface area contributed by atoms with E-state index in [0.717, 1.165) is 49.5 Å². The molecule has 4 rings (SSSR count). The Kier molecular flexibility index (Phi) is 5.35. The van der Waals surface area contributed by atoms with Gasteiger partial charge in [0, 0.05) is 30.2 Å². The van der Waals surface area contributed by atoms with E-state index in [1.165, 1.54) is 12.1 Å². The Hall–Kier alpha value is -2.05. The molecule has 1 heterocycles. The largest absolute Gasteiger partial charge is 0.416 e. The van der Waals surface area contributed by atoms with Crippen LogP contribution in [0.5, 0.6) is 0 Å². The van der Waals surface area contributed by atoms with Gasteiger partial charge in [-0.1, -0.05) is 38.0 Å². The molecule has 30 heavy (non-hydrogen) atoms. The Morgan fingerprint density at radius 1 is 0.967 bits per heavy atom. The van der Waals surface area contributed by atoms with Crippen molar-refractivity contribution in [1.29, 1.82) is 10.5 Å². The molecule has 3 fully saturated rings. The molecule has 3 nitrogen and oxygen atoms in total. The van der Waals surface area contributed by atoms with Crippen LogP contribution in [0.2, 0.25) is 0 Å². The van der Waals surface area contributed by atoms with E-state index >= 15 is 0 Å². The van der Waals surface area contributed by atoms with Gasteiger partial charge in [-0.25, -0.2) is 0 Å². The molecule has 2 aliphatic carbocycles. The molecule has 0 unspecified atom stereocenters. The van der Waals surface area contributed by atoms with Crippen molar-refractivity contribution in [3.05, 3.63) is 35.4 Å². The summed E-state index contributed by atoms with van der Waals surface area (Å²) in [4.78, 5) is 0.796. The fraction of sp³-hybridized carbons (Fsp3) is 0.667. The van der Waals surface area contributed by atoms with Crippen molar-refractivity contribution in [2.45, 2.75) is 82.1 Å². The highest BCUT2D eigenvalue weighted by Gasteiger charge is 2.68. The zero-order valence-electron chi connectivity index (χ0n) is 17.4. The van der Waals surface area contributed by atoms with Gasteiger partial charge in [0.15, 0.2) is 11.1 Å². The summed E-state index contributed by atoms with van der Waals surface area (Å²) in [5, 5.41) is 20.9. The van der Waals surface area contributed by atoms with Crippen LogP contribution < -0.4 is 4.90 Å². The van der Waals surface area contributed by atoms with Crippen LogP contribution in [0.1, 0.15) is 69.4 Å². The maximum atomic E-state index is 13.7. The molecule has 0 amide bonds. The van der Waals surface area contributed by atoms with Gasteiger partial charge in [0.05, 0.1) is 5.56 Å². The third-order valence-corrected chi connectivity index (χ3v) is 8.37. The minimum atomic E-state index is -4.45. The van der Waals surface area contributed by atoms with Crippen molar-refractivity contribution >= 4 is 0 Å². The second-order valence-corrected chi connectivity index (χ2v) is 9.54. The number of rotatable bonds is 2. The molecule has 160 valence electrons. The molecular weight excluding hydrogens is 387 g/mol.